The largest absolute Gasteiger partial charge is 0.353 e. The van der Waals surface area contributed by atoms with Crippen molar-refractivity contribution < 1.29 is 0 Å². The van der Waals surface area contributed by atoms with Crippen LogP contribution in [0.25, 0.3) is 5.95 Å². The molecule has 8 heteroatoms. The topological polar surface area (TPSA) is 71.8 Å². The molecule has 7 nitrogen and oxygen atoms in total. The number of nitrogens with one attached hydrogen (secondary N) is 1. The normalized spacial score (nSPS) is 11.3. The van der Waals surface area contributed by atoms with Crippen LogP contribution >= 0.6 is 11.6 Å². The molecule has 20 heavy (non-hydrogen) atoms. The van der Waals surface area contributed by atoms with E-state index in [1.165, 1.54) is 0 Å². The van der Waals surface area contributed by atoms with Gasteiger partial charge in [-0.15, -0.1) is 0 Å². The second-order valence-electron chi connectivity index (χ2n) is 4.70. The Bertz CT molecular complexity index is 541. The van der Waals surface area contributed by atoms with Crippen LogP contribution in [-0.4, -0.2) is 55.6 Å². The highest BCUT2D eigenvalue weighted by molar-refractivity contribution is 6.28. The van der Waals surface area contributed by atoms with Crippen molar-refractivity contribution in [1.29, 1.82) is 0 Å². The summed E-state index contributed by atoms with van der Waals surface area (Å²) in [6, 6.07) is 0.500. The Kier molecular flexibility index (Phi) is 4.86. The van der Waals surface area contributed by atoms with Crippen LogP contribution in [0.5, 0.6) is 0 Å². The highest BCUT2D eigenvalue weighted by Crippen LogP contribution is 2.09. The van der Waals surface area contributed by atoms with Crippen LogP contribution in [0.1, 0.15) is 13.8 Å². The van der Waals surface area contributed by atoms with Crippen LogP contribution < -0.4 is 5.32 Å². The number of anilines is 1. The first kappa shape index (κ1) is 14.7. The van der Waals surface area contributed by atoms with Gasteiger partial charge in [0.15, 0.2) is 0 Å². The lowest BCUT2D eigenvalue weighted by molar-refractivity contribution is 0.284. The summed E-state index contributed by atoms with van der Waals surface area (Å²) in [5.41, 5.74) is 0. The Morgan fingerprint density at radius 1 is 1.35 bits per heavy atom. The van der Waals surface area contributed by atoms with Gasteiger partial charge in [0.1, 0.15) is 6.33 Å². The summed E-state index contributed by atoms with van der Waals surface area (Å²) in [5, 5.41) is 3.31. The average molecular weight is 296 g/mol. The van der Waals surface area contributed by atoms with Crippen molar-refractivity contribution in [2.24, 2.45) is 0 Å². The first-order valence-corrected chi connectivity index (χ1v) is 6.78. The number of likely N-dealkylation sites (N-methyl/N-ethyl adjacent to an activating group) is 1. The molecule has 0 aliphatic heterocycles. The van der Waals surface area contributed by atoms with Crippen molar-refractivity contribution in [3.05, 3.63) is 24.0 Å². The van der Waals surface area contributed by atoms with Crippen LogP contribution in [0, 0.1) is 0 Å². The quantitative estimate of drug-likeness (QED) is 0.870. The summed E-state index contributed by atoms with van der Waals surface area (Å²) >= 11 is 5.91. The Morgan fingerprint density at radius 2 is 2.15 bits per heavy atom. The van der Waals surface area contributed by atoms with Crippen molar-refractivity contribution in [1.82, 2.24) is 29.4 Å². The molecule has 1 N–H and O–H groups in total. The van der Waals surface area contributed by atoms with Crippen LogP contribution in [0.2, 0.25) is 5.28 Å². The molecular formula is C12H18ClN7. The molecule has 0 aliphatic carbocycles. The number of hydrogen-bond donors (Lipinski definition) is 1. The van der Waals surface area contributed by atoms with Gasteiger partial charge in [-0.05, 0) is 32.5 Å². The highest BCUT2D eigenvalue weighted by Gasteiger charge is 2.07. The minimum atomic E-state index is 0.156. The van der Waals surface area contributed by atoms with Gasteiger partial charge in [0.2, 0.25) is 17.2 Å². The van der Waals surface area contributed by atoms with E-state index in [0.29, 0.717) is 17.9 Å². The van der Waals surface area contributed by atoms with Gasteiger partial charge < -0.3 is 10.2 Å². The molecule has 0 aromatic carbocycles. The lowest BCUT2D eigenvalue weighted by atomic mass is 10.3. The summed E-state index contributed by atoms with van der Waals surface area (Å²) in [7, 11) is 2.07. The molecule has 2 aromatic heterocycles. The zero-order valence-corrected chi connectivity index (χ0v) is 12.5. The van der Waals surface area contributed by atoms with Crippen LogP contribution in [0.15, 0.2) is 18.7 Å². The van der Waals surface area contributed by atoms with Crippen LogP contribution in [0.4, 0.5) is 5.95 Å². The predicted octanol–water partition coefficient (Wildman–Crippen LogP) is 1.46. The number of halogens is 1. The molecule has 2 heterocycles. The molecule has 0 bridgehead atoms. The van der Waals surface area contributed by atoms with Gasteiger partial charge in [0.25, 0.3) is 0 Å². The predicted molar refractivity (Wildman–Crippen MR) is 78.2 cm³/mol. The maximum atomic E-state index is 5.91. The molecule has 0 fully saturated rings. The Hall–Kier alpha value is -1.73. The van der Waals surface area contributed by atoms with E-state index in [1.54, 1.807) is 23.3 Å². The number of aromatic nitrogens is 5. The van der Waals surface area contributed by atoms with Crippen molar-refractivity contribution in [3.8, 4) is 5.95 Å². The third-order valence-electron chi connectivity index (χ3n) is 2.96. The zero-order valence-electron chi connectivity index (χ0n) is 11.8. The lowest BCUT2D eigenvalue weighted by Gasteiger charge is -2.20. The second-order valence-corrected chi connectivity index (χ2v) is 5.04. The van der Waals surface area contributed by atoms with Gasteiger partial charge in [-0.3, -0.25) is 4.57 Å². The second kappa shape index (κ2) is 6.62. The monoisotopic (exact) mass is 295 g/mol. The molecule has 0 saturated carbocycles. The minimum absolute atomic E-state index is 0.156. The number of imidazole rings is 1. The van der Waals surface area contributed by atoms with E-state index in [9.17, 15) is 0 Å². The van der Waals surface area contributed by atoms with E-state index in [2.05, 4.69) is 51.0 Å². The van der Waals surface area contributed by atoms with E-state index in [1.807, 2.05) is 0 Å². The van der Waals surface area contributed by atoms with Gasteiger partial charge >= 0.3 is 0 Å². The Balaban J connectivity index is 2.02. The maximum Gasteiger partial charge on any atom is 0.241 e. The van der Waals surface area contributed by atoms with Crippen molar-refractivity contribution in [3.63, 3.8) is 0 Å². The van der Waals surface area contributed by atoms with Gasteiger partial charge in [-0.2, -0.15) is 15.0 Å². The fraction of sp³-hybridized carbons (Fsp3) is 0.500. The number of nitrogens with zero attached hydrogens (tertiary/aromatic N) is 6. The molecule has 0 amide bonds. The SMILES string of the molecule is CC(C)N(C)CCNc1nc(Cl)nc(-n2ccnc2)n1. The highest BCUT2D eigenvalue weighted by atomic mass is 35.5. The molecule has 0 aliphatic rings. The number of hydrogen-bond acceptors (Lipinski definition) is 6. The lowest BCUT2D eigenvalue weighted by Crippen LogP contribution is -2.31. The molecule has 0 spiro atoms. The average Bonchev–Trinajstić information content (AvgIpc) is 2.91. The summed E-state index contributed by atoms with van der Waals surface area (Å²) in [4.78, 5) is 18.6. The zero-order chi connectivity index (χ0) is 14.5. The molecule has 108 valence electrons. The van der Waals surface area contributed by atoms with Crippen LogP contribution in [-0.2, 0) is 0 Å². The third-order valence-corrected chi connectivity index (χ3v) is 3.13. The Labute approximate surface area is 123 Å². The van der Waals surface area contributed by atoms with Crippen molar-refractivity contribution in [2.75, 3.05) is 25.5 Å². The van der Waals surface area contributed by atoms with E-state index in [4.69, 9.17) is 11.6 Å². The van der Waals surface area contributed by atoms with E-state index in [-0.39, 0.29) is 5.28 Å². The third kappa shape index (κ3) is 3.88. The molecule has 0 atom stereocenters. The maximum absolute atomic E-state index is 5.91. The molecule has 0 saturated heterocycles. The molecule has 2 aromatic rings. The van der Waals surface area contributed by atoms with Gasteiger partial charge in [0.05, 0.1) is 0 Å². The summed E-state index contributed by atoms with van der Waals surface area (Å²) < 4.78 is 1.68. The standard InChI is InChI=1S/C12H18ClN7/c1-9(2)19(3)6-5-15-11-16-10(13)17-12(18-11)20-7-4-14-8-20/h4,7-9H,5-6H2,1-3H3,(H,15,16,17,18). The molecule has 2 rings (SSSR count). The van der Waals surface area contributed by atoms with Gasteiger partial charge in [-0.25, -0.2) is 4.98 Å². The smallest absolute Gasteiger partial charge is 0.241 e. The summed E-state index contributed by atoms with van der Waals surface area (Å²) in [6.45, 7) is 5.92. The van der Waals surface area contributed by atoms with Gasteiger partial charge in [-0.1, -0.05) is 0 Å². The minimum Gasteiger partial charge on any atom is -0.353 e. The van der Waals surface area contributed by atoms with E-state index < -0.39 is 0 Å². The van der Waals surface area contributed by atoms with Gasteiger partial charge in [0, 0.05) is 31.5 Å². The first-order chi connectivity index (χ1) is 9.56. The number of rotatable bonds is 6. The molecule has 0 unspecified atom stereocenters. The van der Waals surface area contributed by atoms with Crippen molar-refractivity contribution in [2.45, 2.75) is 19.9 Å². The van der Waals surface area contributed by atoms with E-state index >= 15 is 0 Å². The molecule has 0 radical (unpaired) electrons. The van der Waals surface area contributed by atoms with E-state index in [0.717, 1.165) is 13.1 Å². The van der Waals surface area contributed by atoms with Crippen molar-refractivity contribution >= 4 is 17.5 Å². The summed E-state index contributed by atoms with van der Waals surface area (Å²) in [6.07, 6.45) is 5.02. The molecular weight excluding hydrogens is 278 g/mol. The first-order valence-electron chi connectivity index (χ1n) is 6.40. The Morgan fingerprint density at radius 3 is 2.80 bits per heavy atom. The summed E-state index contributed by atoms with van der Waals surface area (Å²) in [5.74, 6) is 0.910. The fourth-order valence-corrected chi connectivity index (χ4v) is 1.67. The van der Waals surface area contributed by atoms with Crippen LogP contribution in [0.3, 0.4) is 0 Å². The fourth-order valence-electron chi connectivity index (χ4n) is 1.51.